The van der Waals surface area contributed by atoms with Crippen molar-refractivity contribution in [2.24, 2.45) is 5.92 Å². The van der Waals surface area contributed by atoms with E-state index >= 15 is 0 Å². The monoisotopic (exact) mass is 376 g/mol. The minimum atomic E-state index is -4.30. The molecule has 0 unspecified atom stereocenters. The predicted molar refractivity (Wildman–Crippen MR) is 83.7 cm³/mol. The zero-order chi connectivity index (χ0) is 15.7. The van der Waals surface area contributed by atoms with E-state index in [1.807, 2.05) is 6.07 Å². The third kappa shape index (κ3) is 3.49. The highest BCUT2D eigenvalue weighted by Gasteiger charge is 2.36. The van der Waals surface area contributed by atoms with Crippen molar-refractivity contribution in [3.8, 4) is 0 Å². The molecule has 2 fully saturated rings. The topological polar surface area (TPSA) is 15.3 Å². The van der Waals surface area contributed by atoms with E-state index in [0.29, 0.717) is 10.4 Å². The number of nitrogens with zero attached hydrogens (tertiary/aromatic N) is 1. The Hall–Kier alpha value is -0.590. The zero-order valence-electron chi connectivity index (χ0n) is 12.3. The van der Waals surface area contributed by atoms with Crippen LogP contribution in [0.5, 0.6) is 0 Å². The predicted octanol–water partition coefficient (Wildman–Crippen LogP) is 4.21. The van der Waals surface area contributed by atoms with Crippen molar-refractivity contribution in [2.75, 3.05) is 26.2 Å². The molecule has 0 amide bonds. The van der Waals surface area contributed by atoms with Crippen molar-refractivity contribution < 1.29 is 13.2 Å². The van der Waals surface area contributed by atoms with Gasteiger partial charge in [0.1, 0.15) is 0 Å². The minimum Gasteiger partial charge on any atom is -0.314 e. The molecular weight excluding hydrogens is 357 g/mol. The summed E-state index contributed by atoms with van der Waals surface area (Å²) in [5.41, 5.74) is 0.240. The minimum absolute atomic E-state index is 0.106. The third-order valence-electron chi connectivity index (χ3n) is 4.73. The van der Waals surface area contributed by atoms with Gasteiger partial charge in [-0.1, -0.05) is 22.4 Å². The largest absolute Gasteiger partial charge is 0.416 e. The summed E-state index contributed by atoms with van der Waals surface area (Å²) in [4.78, 5) is 2.35. The van der Waals surface area contributed by atoms with Gasteiger partial charge in [-0.25, -0.2) is 0 Å². The van der Waals surface area contributed by atoms with Gasteiger partial charge in [0, 0.05) is 36.7 Å². The fourth-order valence-corrected chi connectivity index (χ4v) is 3.95. The van der Waals surface area contributed by atoms with Crippen molar-refractivity contribution in [2.45, 2.75) is 31.5 Å². The second kappa shape index (κ2) is 6.49. The van der Waals surface area contributed by atoms with Crippen LogP contribution in [-0.2, 0) is 6.18 Å². The highest BCUT2D eigenvalue weighted by molar-refractivity contribution is 9.10. The molecule has 1 atom stereocenters. The SMILES string of the molecule is FC(F)(F)c1cc(Br)cc([C@H](C2CCC2)N2CCNCC2)c1. The van der Waals surface area contributed by atoms with Crippen LogP contribution in [0.1, 0.15) is 36.4 Å². The summed E-state index contributed by atoms with van der Waals surface area (Å²) in [6.45, 7) is 3.61. The number of hydrogen-bond acceptors (Lipinski definition) is 2. The molecule has 1 aromatic rings. The molecule has 6 heteroatoms. The average molecular weight is 377 g/mol. The Morgan fingerprint density at radius 1 is 1.14 bits per heavy atom. The summed E-state index contributed by atoms with van der Waals surface area (Å²) in [5.74, 6) is 0.480. The normalized spacial score (nSPS) is 22.4. The molecule has 1 saturated heterocycles. The zero-order valence-corrected chi connectivity index (χ0v) is 13.9. The molecule has 0 bridgehead atoms. The van der Waals surface area contributed by atoms with Crippen LogP contribution in [0.3, 0.4) is 0 Å². The fourth-order valence-electron chi connectivity index (χ4n) is 3.44. The number of halogens is 4. The van der Waals surface area contributed by atoms with Crippen LogP contribution in [0, 0.1) is 5.92 Å². The summed E-state index contributed by atoms with van der Waals surface area (Å²) in [6.07, 6.45) is -0.884. The van der Waals surface area contributed by atoms with E-state index in [9.17, 15) is 13.2 Å². The molecule has 1 saturated carbocycles. The van der Waals surface area contributed by atoms with E-state index in [-0.39, 0.29) is 6.04 Å². The first-order valence-corrected chi connectivity index (χ1v) is 8.57. The Morgan fingerprint density at radius 2 is 1.82 bits per heavy atom. The highest BCUT2D eigenvalue weighted by atomic mass is 79.9. The number of nitrogens with one attached hydrogen (secondary N) is 1. The Balaban J connectivity index is 1.94. The summed E-state index contributed by atoms with van der Waals surface area (Å²) >= 11 is 3.26. The van der Waals surface area contributed by atoms with Gasteiger partial charge in [0.05, 0.1) is 5.56 Å². The lowest BCUT2D eigenvalue weighted by atomic mass is 9.76. The van der Waals surface area contributed by atoms with Crippen LogP contribution in [0.15, 0.2) is 22.7 Å². The van der Waals surface area contributed by atoms with E-state index in [4.69, 9.17) is 0 Å². The summed E-state index contributed by atoms with van der Waals surface area (Å²) in [7, 11) is 0. The van der Waals surface area contributed by atoms with E-state index < -0.39 is 11.7 Å². The van der Waals surface area contributed by atoms with E-state index in [2.05, 4.69) is 26.1 Å². The molecule has 0 radical (unpaired) electrons. The average Bonchev–Trinajstić information content (AvgIpc) is 2.42. The lowest BCUT2D eigenvalue weighted by Crippen LogP contribution is -2.47. The molecule has 3 rings (SSSR count). The van der Waals surface area contributed by atoms with Crippen molar-refractivity contribution >= 4 is 15.9 Å². The molecule has 1 aromatic carbocycles. The van der Waals surface area contributed by atoms with Gasteiger partial charge in [0.25, 0.3) is 0 Å². The lowest BCUT2D eigenvalue weighted by Gasteiger charge is -2.43. The molecule has 0 spiro atoms. The van der Waals surface area contributed by atoms with E-state index in [0.717, 1.165) is 44.6 Å². The van der Waals surface area contributed by atoms with E-state index in [1.165, 1.54) is 18.6 Å². The van der Waals surface area contributed by atoms with Gasteiger partial charge < -0.3 is 5.32 Å². The number of piperazine rings is 1. The van der Waals surface area contributed by atoms with Crippen molar-refractivity contribution in [3.05, 3.63) is 33.8 Å². The molecule has 22 heavy (non-hydrogen) atoms. The van der Waals surface area contributed by atoms with Gasteiger partial charge in [0.15, 0.2) is 0 Å². The van der Waals surface area contributed by atoms with Crippen LogP contribution in [0.4, 0.5) is 13.2 Å². The number of alkyl halides is 3. The molecule has 0 aromatic heterocycles. The van der Waals surface area contributed by atoms with Crippen LogP contribution in [0.25, 0.3) is 0 Å². The summed E-state index contributed by atoms with van der Waals surface area (Å²) in [5, 5.41) is 3.31. The van der Waals surface area contributed by atoms with Crippen LogP contribution in [0.2, 0.25) is 0 Å². The third-order valence-corrected chi connectivity index (χ3v) is 5.19. The quantitative estimate of drug-likeness (QED) is 0.849. The molecular formula is C16H20BrF3N2. The summed E-state index contributed by atoms with van der Waals surface area (Å²) in [6, 6.07) is 4.48. The molecule has 1 heterocycles. The first-order chi connectivity index (χ1) is 10.4. The van der Waals surface area contributed by atoms with Gasteiger partial charge in [-0.3, -0.25) is 4.90 Å². The smallest absolute Gasteiger partial charge is 0.314 e. The van der Waals surface area contributed by atoms with Crippen molar-refractivity contribution in [1.82, 2.24) is 10.2 Å². The maximum Gasteiger partial charge on any atom is 0.416 e. The highest BCUT2D eigenvalue weighted by Crippen LogP contribution is 2.43. The first kappa shape index (κ1) is 16.3. The lowest BCUT2D eigenvalue weighted by molar-refractivity contribution is -0.137. The van der Waals surface area contributed by atoms with Gasteiger partial charge in [-0.2, -0.15) is 13.2 Å². The van der Waals surface area contributed by atoms with Crippen molar-refractivity contribution in [1.29, 1.82) is 0 Å². The van der Waals surface area contributed by atoms with Gasteiger partial charge >= 0.3 is 6.18 Å². The number of rotatable bonds is 3. The molecule has 2 aliphatic rings. The fraction of sp³-hybridized carbons (Fsp3) is 0.625. The maximum absolute atomic E-state index is 13.1. The molecule has 1 aliphatic heterocycles. The van der Waals surface area contributed by atoms with E-state index in [1.54, 1.807) is 0 Å². The number of benzene rings is 1. The maximum atomic E-state index is 13.1. The van der Waals surface area contributed by atoms with Gasteiger partial charge in [0.2, 0.25) is 0 Å². The van der Waals surface area contributed by atoms with Crippen molar-refractivity contribution in [3.63, 3.8) is 0 Å². The molecule has 1 aliphatic carbocycles. The molecule has 1 N–H and O–H groups in total. The van der Waals surface area contributed by atoms with Crippen LogP contribution >= 0.6 is 15.9 Å². The van der Waals surface area contributed by atoms with Crippen LogP contribution in [-0.4, -0.2) is 31.1 Å². The number of hydrogen-bond donors (Lipinski definition) is 1. The van der Waals surface area contributed by atoms with Crippen LogP contribution < -0.4 is 5.32 Å². The second-order valence-corrected chi connectivity index (χ2v) is 7.11. The first-order valence-electron chi connectivity index (χ1n) is 7.77. The Morgan fingerprint density at radius 3 is 2.36 bits per heavy atom. The Bertz CT molecular complexity index is 523. The standard InChI is InChI=1S/C16H20BrF3N2/c17-14-9-12(8-13(10-14)16(18,19)20)15(11-2-1-3-11)22-6-4-21-5-7-22/h8-11,15,21H,1-7H2/t15-/m0/s1. The van der Waals surface area contributed by atoms with Gasteiger partial charge in [-0.15, -0.1) is 0 Å². The second-order valence-electron chi connectivity index (χ2n) is 6.19. The molecule has 122 valence electrons. The summed E-state index contributed by atoms with van der Waals surface area (Å²) < 4.78 is 39.8. The molecule has 2 nitrogen and oxygen atoms in total. The Kier molecular flexibility index (Phi) is 4.80. The Labute approximate surface area is 137 Å². The van der Waals surface area contributed by atoms with Gasteiger partial charge in [-0.05, 0) is 42.5 Å².